The molecule has 5 rings (SSSR count). The molecule has 8 heteroatoms. The maximum atomic E-state index is 13.1. The lowest BCUT2D eigenvalue weighted by Gasteiger charge is -2.13. The Kier molecular flexibility index (Phi) is 6.22. The lowest BCUT2D eigenvalue weighted by molar-refractivity contribution is 0.102. The van der Waals surface area contributed by atoms with E-state index in [2.05, 4.69) is 32.6 Å². The van der Waals surface area contributed by atoms with E-state index in [0.29, 0.717) is 21.5 Å². The lowest BCUT2D eigenvalue weighted by atomic mass is 9.99. The van der Waals surface area contributed by atoms with Crippen molar-refractivity contribution in [2.24, 2.45) is 0 Å². The van der Waals surface area contributed by atoms with Gasteiger partial charge in [0.25, 0.3) is 5.91 Å². The van der Waals surface area contributed by atoms with E-state index in [4.69, 9.17) is 9.47 Å². The number of carbonyl (C=O) groups is 1. The van der Waals surface area contributed by atoms with Crippen LogP contribution in [0.3, 0.4) is 0 Å². The third kappa shape index (κ3) is 4.92. The second kappa shape index (κ2) is 9.61. The van der Waals surface area contributed by atoms with E-state index < -0.39 is 0 Å². The number of nitrogens with zero attached hydrogens (tertiary/aromatic N) is 3. The first-order valence-electron chi connectivity index (χ1n) is 11.1. The van der Waals surface area contributed by atoms with Gasteiger partial charge in [-0.25, -0.2) is 0 Å². The molecule has 7 nitrogen and oxygen atoms in total. The second-order valence-electron chi connectivity index (χ2n) is 8.16. The molecule has 1 saturated carbocycles. The maximum Gasteiger partial charge on any atom is 0.259 e. The number of carbonyl (C=O) groups excluding carboxylic acids is 1. The molecule has 1 aliphatic carbocycles. The van der Waals surface area contributed by atoms with E-state index in [1.165, 1.54) is 29.7 Å². The normalized spacial score (nSPS) is 12.9. The molecular weight excluding hydrogens is 448 g/mol. The number of ether oxygens (including phenoxy) is 2. The Morgan fingerprint density at radius 1 is 1.09 bits per heavy atom. The summed E-state index contributed by atoms with van der Waals surface area (Å²) < 4.78 is 11.3. The number of benzene rings is 2. The number of methoxy groups -OCH3 is 1. The fourth-order valence-corrected chi connectivity index (χ4v) is 4.40. The van der Waals surface area contributed by atoms with Crippen LogP contribution in [0, 0.1) is 6.92 Å². The van der Waals surface area contributed by atoms with Crippen molar-refractivity contribution in [3.63, 3.8) is 0 Å². The lowest BCUT2D eigenvalue weighted by Crippen LogP contribution is -2.14. The molecule has 0 spiro atoms. The van der Waals surface area contributed by atoms with E-state index in [1.807, 2.05) is 49.4 Å². The topological polar surface area (TPSA) is 86.2 Å². The highest BCUT2D eigenvalue weighted by molar-refractivity contribution is 7.15. The molecule has 0 unspecified atom stereocenters. The summed E-state index contributed by atoms with van der Waals surface area (Å²) in [6, 6.07) is 17.7. The Hall–Kier alpha value is -3.78. The van der Waals surface area contributed by atoms with Gasteiger partial charge in [-0.1, -0.05) is 41.7 Å². The zero-order valence-electron chi connectivity index (χ0n) is 18.9. The summed E-state index contributed by atoms with van der Waals surface area (Å²) in [5, 5.41) is 12.2. The third-order valence-corrected chi connectivity index (χ3v) is 6.47. The molecule has 1 amide bonds. The molecule has 0 radical (unpaired) electrons. The summed E-state index contributed by atoms with van der Waals surface area (Å²) in [5.74, 6) is 1.88. The van der Waals surface area contributed by atoms with Crippen LogP contribution < -0.4 is 14.8 Å². The van der Waals surface area contributed by atoms with Crippen LogP contribution in [0.1, 0.15) is 45.4 Å². The zero-order chi connectivity index (χ0) is 23.5. The molecule has 1 aliphatic rings. The van der Waals surface area contributed by atoms with Gasteiger partial charge >= 0.3 is 0 Å². The average Bonchev–Trinajstić information content (AvgIpc) is 3.62. The van der Waals surface area contributed by atoms with Crippen LogP contribution in [-0.4, -0.2) is 28.2 Å². The van der Waals surface area contributed by atoms with Crippen LogP contribution in [0.2, 0.25) is 0 Å². The molecule has 1 fully saturated rings. The first-order chi connectivity index (χ1) is 16.6. The van der Waals surface area contributed by atoms with Crippen LogP contribution in [-0.2, 0) is 6.61 Å². The highest BCUT2D eigenvalue weighted by Crippen LogP contribution is 2.40. The number of aryl methyl sites for hydroxylation is 1. The Balaban J connectivity index is 1.28. The van der Waals surface area contributed by atoms with Crippen molar-refractivity contribution in [2.45, 2.75) is 32.3 Å². The molecule has 0 atom stereocenters. The maximum absolute atomic E-state index is 13.1. The van der Waals surface area contributed by atoms with E-state index in [-0.39, 0.29) is 12.5 Å². The minimum atomic E-state index is -0.312. The van der Waals surface area contributed by atoms with Gasteiger partial charge in [0.2, 0.25) is 5.13 Å². The molecule has 0 bridgehead atoms. The van der Waals surface area contributed by atoms with Gasteiger partial charge in [-0.15, -0.1) is 10.2 Å². The van der Waals surface area contributed by atoms with Gasteiger partial charge in [-0.05, 0) is 55.5 Å². The van der Waals surface area contributed by atoms with Crippen LogP contribution in [0.15, 0.2) is 60.8 Å². The zero-order valence-corrected chi connectivity index (χ0v) is 19.8. The summed E-state index contributed by atoms with van der Waals surface area (Å²) >= 11 is 1.28. The number of para-hydroxylation sites is 1. The molecule has 2 heterocycles. The Morgan fingerprint density at radius 3 is 2.65 bits per heavy atom. The average molecular weight is 473 g/mol. The number of nitrogens with one attached hydrogen (secondary N) is 1. The first kappa shape index (κ1) is 22.0. The van der Waals surface area contributed by atoms with Gasteiger partial charge < -0.3 is 9.47 Å². The fourth-order valence-electron chi connectivity index (χ4n) is 3.76. The van der Waals surface area contributed by atoms with Crippen molar-refractivity contribution in [2.75, 3.05) is 12.4 Å². The highest BCUT2D eigenvalue weighted by Gasteiger charge is 2.23. The minimum Gasteiger partial charge on any atom is -0.496 e. The molecule has 0 saturated heterocycles. The molecule has 0 aliphatic heterocycles. The van der Waals surface area contributed by atoms with Crippen molar-refractivity contribution < 1.29 is 14.3 Å². The number of aromatic nitrogens is 3. The second-order valence-corrected chi connectivity index (χ2v) is 9.22. The fraction of sp³-hybridized carbons (Fsp3) is 0.231. The molecule has 2 aromatic carbocycles. The van der Waals surface area contributed by atoms with E-state index in [0.717, 1.165) is 28.5 Å². The van der Waals surface area contributed by atoms with E-state index in [9.17, 15) is 4.79 Å². The molecular formula is C26H24N4O3S. The summed E-state index contributed by atoms with van der Waals surface area (Å²) in [4.78, 5) is 17.4. The first-order valence-corrected chi connectivity index (χ1v) is 11.9. The molecule has 172 valence electrons. The SMILES string of the molecule is COc1ccccc1-c1cc(C)ncc1C(=O)Nc1nnc(COc2ccc(C3CC3)cc2)s1. The third-order valence-electron chi connectivity index (χ3n) is 5.66. The van der Waals surface area contributed by atoms with Crippen molar-refractivity contribution >= 4 is 22.4 Å². The highest BCUT2D eigenvalue weighted by atomic mass is 32.1. The van der Waals surface area contributed by atoms with Gasteiger partial charge in [0.15, 0.2) is 5.01 Å². The van der Waals surface area contributed by atoms with E-state index >= 15 is 0 Å². The van der Waals surface area contributed by atoms with E-state index in [1.54, 1.807) is 13.3 Å². The predicted octanol–water partition coefficient (Wildman–Crippen LogP) is 5.63. The Bertz CT molecular complexity index is 1320. The van der Waals surface area contributed by atoms with Gasteiger partial charge in [-0.3, -0.25) is 15.1 Å². The van der Waals surface area contributed by atoms with Crippen LogP contribution in [0.5, 0.6) is 11.5 Å². The van der Waals surface area contributed by atoms with Crippen molar-refractivity contribution in [1.29, 1.82) is 0 Å². The smallest absolute Gasteiger partial charge is 0.259 e. The van der Waals surface area contributed by atoms with Gasteiger partial charge in [0.05, 0.1) is 12.7 Å². The van der Waals surface area contributed by atoms with Gasteiger partial charge in [-0.2, -0.15) is 0 Å². The summed E-state index contributed by atoms with van der Waals surface area (Å²) in [6.45, 7) is 2.17. The summed E-state index contributed by atoms with van der Waals surface area (Å²) in [6.07, 6.45) is 4.12. The van der Waals surface area contributed by atoms with Gasteiger partial charge in [0, 0.05) is 23.0 Å². The summed E-state index contributed by atoms with van der Waals surface area (Å²) in [7, 11) is 1.61. The largest absolute Gasteiger partial charge is 0.496 e. The van der Waals surface area contributed by atoms with Crippen LogP contribution >= 0.6 is 11.3 Å². The predicted molar refractivity (Wildman–Crippen MR) is 132 cm³/mol. The quantitative estimate of drug-likeness (QED) is 0.358. The van der Waals surface area contributed by atoms with Crippen LogP contribution in [0.4, 0.5) is 5.13 Å². The summed E-state index contributed by atoms with van der Waals surface area (Å²) in [5.41, 5.74) is 4.16. The Morgan fingerprint density at radius 2 is 1.88 bits per heavy atom. The molecule has 34 heavy (non-hydrogen) atoms. The van der Waals surface area contributed by atoms with Crippen molar-refractivity contribution in [3.8, 4) is 22.6 Å². The monoisotopic (exact) mass is 472 g/mol. The number of hydrogen-bond acceptors (Lipinski definition) is 7. The number of pyridine rings is 1. The van der Waals surface area contributed by atoms with Crippen molar-refractivity contribution in [3.05, 3.63) is 82.6 Å². The Labute approximate surface area is 201 Å². The minimum absolute atomic E-state index is 0.287. The number of amides is 1. The number of rotatable bonds is 8. The van der Waals surface area contributed by atoms with Crippen molar-refractivity contribution in [1.82, 2.24) is 15.2 Å². The molecule has 2 aromatic heterocycles. The molecule has 4 aromatic rings. The molecule has 1 N–H and O–H groups in total. The van der Waals surface area contributed by atoms with Gasteiger partial charge in [0.1, 0.15) is 18.1 Å². The standard InChI is InChI=1S/C26H24N4O3S/c1-16-13-21(20-5-3-4-6-23(20)32-2)22(14-27-16)25(31)28-26-30-29-24(34-26)15-33-19-11-9-18(10-12-19)17-7-8-17/h3-6,9-14,17H,7-8,15H2,1-2H3,(H,28,30,31). The number of hydrogen-bond donors (Lipinski definition) is 1. The number of anilines is 1. The van der Waals surface area contributed by atoms with Crippen LogP contribution in [0.25, 0.3) is 11.1 Å².